The minimum absolute atomic E-state index is 0.0258. The lowest BCUT2D eigenvalue weighted by Crippen LogP contribution is -2.46. The zero-order chi connectivity index (χ0) is 15.5. The maximum atomic E-state index is 11.0. The van der Waals surface area contributed by atoms with E-state index in [0.29, 0.717) is 18.9 Å². The molecule has 1 fully saturated rings. The first-order valence-electron chi connectivity index (χ1n) is 7.01. The molecule has 2 aromatic rings. The van der Waals surface area contributed by atoms with Crippen LogP contribution in [0.2, 0.25) is 0 Å². The molecule has 1 aromatic carbocycles. The van der Waals surface area contributed by atoms with Gasteiger partial charge in [-0.1, -0.05) is 0 Å². The third-order valence-corrected chi connectivity index (χ3v) is 3.83. The third-order valence-electron chi connectivity index (χ3n) is 3.83. The van der Waals surface area contributed by atoms with Crippen molar-refractivity contribution < 1.29 is 9.66 Å². The first-order valence-corrected chi connectivity index (χ1v) is 7.01. The Morgan fingerprint density at radius 3 is 2.41 bits per heavy atom. The molecule has 8 nitrogen and oxygen atoms in total. The maximum Gasteiger partial charge on any atom is 0.330 e. The second kappa shape index (κ2) is 5.92. The van der Waals surface area contributed by atoms with Gasteiger partial charge in [-0.05, 0) is 24.3 Å². The van der Waals surface area contributed by atoms with Crippen molar-refractivity contribution in [3.05, 3.63) is 40.6 Å². The molecule has 0 saturated carbocycles. The van der Waals surface area contributed by atoms with E-state index in [0.717, 1.165) is 24.5 Å². The van der Waals surface area contributed by atoms with Crippen LogP contribution in [-0.2, 0) is 0 Å². The van der Waals surface area contributed by atoms with Crippen molar-refractivity contribution in [3.63, 3.8) is 0 Å². The molecule has 1 N–H and O–H groups in total. The number of ether oxygens (including phenoxy) is 1. The van der Waals surface area contributed by atoms with Gasteiger partial charge in [0.1, 0.15) is 11.9 Å². The minimum Gasteiger partial charge on any atom is -0.497 e. The van der Waals surface area contributed by atoms with E-state index < -0.39 is 4.92 Å². The summed E-state index contributed by atoms with van der Waals surface area (Å²) in [5, 5.41) is 17.5. The summed E-state index contributed by atoms with van der Waals surface area (Å²) in [5.74, 6) is 1.31. The molecule has 22 heavy (non-hydrogen) atoms. The Bertz CT molecular complexity index is 647. The second-order valence-corrected chi connectivity index (χ2v) is 5.03. The topological polar surface area (TPSA) is 87.5 Å². The second-order valence-electron chi connectivity index (χ2n) is 5.03. The predicted molar refractivity (Wildman–Crippen MR) is 82.7 cm³/mol. The highest BCUT2D eigenvalue weighted by Crippen LogP contribution is 2.27. The summed E-state index contributed by atoms with van der Waals surface area (Å²) in [6.07, 6.45) is 1.26. The van der Waals surface area contributed by atoms with Crippen molar-refractivity contribution in [1.29, 1.82) is 0 Å². The number of nitro groups is 1. The molecule has 1 saturated heterocycles. The number of benzene rings is 1. The highest BCUT2D eigenvalue weighted by molar-refractivity contribution is 5.58. The van der Waals surface area contributed by atoms with Crippen molar-refractivity contribution >= 4 is 17.2 Å². The number of nitrogens with zero attached hydrogens (tertiary/aromatic N) is 4. The quantitative estimate of drug-likeness (QED) is 0.682. The first kappa shape index (κ1) is 14.2. The number of H-pyrrole nitrogens is 1. The maximum absolute atomic E-state index is 11.0. The van der Waals surface area contributed by atoms with Crippen molar-refractivity contribution in [2.75, 3.05) is 43.1 Å². The summed E-state index contributed by atoms with van der Waals surface area (Å²) in [6.45, 7) is 3.00. The molecule has 0 amide bonds. The van der Waals surface area contributed by atoms with Crippen molar-refractivity contribution in [1.82, 2.24) is 10.2 Å². The molecule has 1 aliphatic heterocycles. The monoisotopic (exact) mass is 303 g/mol. The fraction of sp³-hybridized carbons (Fsp3) is 0.357. The number of rotatable bonds is 4. The molecule has 3 rings (SSSR count). The van der Waals surface area contributed by atoms with E-state index in [-0.39, 0.29) is 5.69 Å². The van der Waals surface area contributed by atoms with Gasteiger partial charge in [-0.15, -0.1) is 0 Å². The van der Waals surface area contributed by atoms with E-state index in [9.17, 15) is 10.1 Å². The Morgan fingerprint density at radius 1 is 1.18 bits per heavy atom. The van der Waals surface area contributed by atoms with Gasteiger partial charge in [0.15, 0.2) is 0 Å². The minimum atomic E-state index is -0.408. The van der Waals surface area contributed by atoms with Crippen LogP contribution in [-0.4, -0.2) is 48.4 Å². The van der Waals surface area contributed by atoms with E-state index in [4.69, 9.17) is 4.74 Å². The van der Waals surface area contributed by atoms with E-state index in [2.05, 4.69) is 15.1 Å². The van der Waals surface area contributed by atoms with Gasteiger partial charge >= 0.3 is 5.69 Å². The van der Waals surface area contributed by atoms with Crippen LogP contribution in [0.25, 0.3) is 0 Å². The summed E-state index contributed by atoms with van der Waals surface area (Å²) in [7, 11) is 1.64. The van der Waals surface area contributed by atoms with Gasteiger partial charge in [-0.3, -0.25) is 15.2 Å². The van der Waals surface area contributed by atoms with Crippen LogP contribution in [0.3, 0.4) is 0 Å². The summed E-state index contributed by atoms with van der Waals surface area (Å²) >= 11 is 0. The predicted octanol–water partition coefficient (Wildman–Crippen LogP) is 1.65. The fourth-order valence-corrected chi connectivity index (χ4v) is 2.62. The normalized spacial score (nSPS) is 15.0. The van der Waals surface area contributed by atoms with Crippen molar-refractivity contribution in [2.24, 2.45) is 0 Å². The molecular formula is C14H17N5O3. The summed E-state index contributed by atoms with van der Waals surface area (Å²) < 4.78 is 5.16. The molecule has 2 heterocycles. The Morgan fingerprint density at radius 2 is 1.82 bits per heavy atom. The first-order chi connectivity index (χ1) is 10.7. The average Bonchev–Trinajstić information content (AvgIpc) is 3.05. The lowest BCUT2D eigenvalue weighted by atomic mass is 10.2. The van der Waals surface area contributed by atoms with Crippen LogP contribution in [0.5, 0.6) is 5.75 Å². The van der Waals surface area contributed by atoms with E-state index in [1.165, 1.54) is 6.20 Å². The van der Waals surface area contributed by atoms with Crippen molar-refractivity contribution in [3.8, 4) is 5.75 Å². The van der Waals surface area contributed by atoms with E-state index >= 15 is 0 Å². The zero-order valence-electron chi connectivity index (χ0n) is 12.2. The SMILES string of the molecule is COc1ccc(N2CCN(c3[nH]ncc3[N+](=O)[O-])CC2)cc1. The number of aromatic amines is 1. The summed E-state index contributed by atoms with van der Waals surface area (Å²) in [5.41, 5.74) is 1.15. The molecule has 0 radical (unpaired) electrons. The number of nitrogens with one attached hydrogen (secondary N) is 1. The lowest BCUT2D eigenvalue weighted by Gasteiger charge is -2.36. The highest BCUT2D eigenvalue weighted by atomic mass is 16.6. The van der Waals surface area contributed by atoms with Crippen LogP contribution < -0.4 is 14.5 Å². The van der Waals surface area contributed by atoms with Gasteiger partial charge in [0, 0.05) is 31.9 Å². The summed E-state index contributed by atoms with van der Waals surface area (Å²) in [6, 6.07) is 7.91. The Kier molecular flexibility index (Phi) is 3.82. The molecule has 0 bridgehead atoms. The highest BCUT2D eigenvalue weighted by Gasteiger charge is 2.25. The smallest absolute Gasteiger partial charge is 0.330 e. The molecule has 0 atom stereocenters. The van der Waals surface area contributed by atoms with Gasteiger partial charge in [0.05, 0.1) is 12.0 Å². The lowest BCUT2D eigenvalue weighted by molar-refractivity contribution is -0.384. The zero-order valence-corrected chi connectivity index (χ0v) is 12.2. The molecule has 1 aromatic heterocycles. The van der Waals surface area contributed by atoms with Crippen molar-refractivity contribution in [2.45, 2.75) is 0 Å². The molecule has 0 unspecified atom stereocenters. The van der Waals surface area contributed by atoms with Gasteiger partial charge in [0.25, 0.3) is 0 Å². The number of methoxy groups -OCH3 is 1. The Balaban J connectivity index is 1.67. The number of anilines is 2. The molecule has 116 valence electrons. The summed E-state index contributed by atoms with van der Waals surface area (Å²) in [4.78, 5) is 14.8. The molecular weight excluding hydrogens is 286 g/mol. The van der Waals surface area contributed by atoms with Gasteiger partial charge in [0.2, 0.25) is 5.82 Å². The fourth-order valence-electron chi connectivity index (χ4n) is 2.62. The average molecular weight is 303 g/mol. The Labute approximate surface area is 127 Å². The van der Waals surface area contributed by atoms with E-state index in [1.54, 1.807) is 7.11 Å². The number of hydrogen-bond donors (Lipinski definition) is 1. The van der Waals surface area contributed by atoms with E-state index in [1.807, 2.05) is 29.2 Å². The third kappa shape index (κ3) is 2.67. The molecule has 1 aliphatic rings. The van der Waals surface area contributed by atoms with Crippen LogP contribution in [0, 0.1) is 10.1 Å². The number of hydrogen-bond acceptors (Lipinski definition) is 6. The molecule has 0 aliphatic carbocycles. The van der Waals surface area contributed by atoms with Crippen LogP contribution >= 0.6 is 0 Å². The standard InChI is InChI=1S/C14H17N5O3/c1-22-12-4-2-11(3-5-12)17-6-8-18(9-7-17)14-13(19(20)21)10-15-16-14/h2-5,10H,6-9H2,1H3,(H,15,16). The van der Waals surface area contributed by atoms with Gasteiger partial charge in [-0.25, -0.2) is 0 Å². The molecule has 0 spiro atoms. The van der Waals surface area contributed by atoms with Gasteiger partial charge < -0.3 is 14.5 Å². The van der Waals surface area contributed by atoms with Crippen LogP contribution in [0.4, 0.5) is 17.2 Å². The van der Waals surface area contributed by atoms with Gasteiger partial charge in [-0.2, -0.15) is 5.10 Å². The number of aromatic nitrogens is 2. The Hall–Kier alpha value is -2.77. The van der Waals surface area contributed by atoms with Crippen LogP contribution in [0.15, 0.2) is 30.5 Å². The van der Waals surface area contributed by atoms with Crippen LogP contribution in [0.1, 0.15) is 0 Å². The molecule has 8 heteroatoms. The number of piperazine rings is 1. The largest absolute Gasteiger partial charge is 0.497 e.